The summed E-state index contributed by atoms with van der Waals surface area (Å²) in [6.45, 7) is 1.98. The molecule has 0 bridgehead atoms. The minimum Gasteiger partial charge on any atom is -0.364 e. The van der Waals surface area contributed by atoms with Crippen LogP contribution in [0.25, 0.3) is 0 Å². The number of hydrogen-bond acceptors (Lipinski definition) is 4. The Balaban J connectivity index is 1.99. The molecular weight excluding hydrogens is 370 g/mol. The molecule has 0 unspecified atom stereocenters. The normalized spacial score (nSPS) is 12.8. The Labute approximate surface area is 156 Å². The maximum atomic E-state index is 12.9. The van der Waals surface area contributed by atoms with E-state index in [2.05, 4.69) is 4.72 Å². The molecule has 1 atom stereocenters. The van der Waals surface area contributed by atoms with Crippen molar-refractivity contribution >= 4 is 27.3 Å². The Bertz CT molecular complexity index is 1020. The summed E-state index contributed by atoms with van der Waals surface area (Å²) in [6, 6.07) is 12.2. The van der Waals surface area contributed by atoms with Crippen LogP contribution in [0.4, 0.5) is 0 Å². The first-order valence-corrected chi connectivity index (χ1v) is 10.2. The van der Waals surface area contributed by atoms with Crippen LogP contribution in [0.2, 0.25) is 0 Å². The van der Waals surface area contributed by atoms with E-state index in [9.17, 15) is 13.2 Å². The Morgan fingerprint density at radius 1 is 1.23 bits per heavy atom. The second kappa shape index (κ2) is 7.06. The minimum atomic E-state index is -3.85. The summed E-state index contributed by atoms with van der Waals surface area (Å²) in [5, 5.41) is 1.90. The molecule has 0 aliphatic rings. The Kier molecular flexibility index (Phi) is 4.99. The summed E-state index contributed by atoms with van der Waals surface area (Å²) in [4.78, 5) is 12.3. The van der Waals surface area contributed by atoms with Crippen molar-refractivity contribution in [3.05, 3.63) is 75.7 Å². The maximum absolute atomic E-state index is 12.9. The number of amides is 1. The molecule has 0 fully saturated rings. The third-order valence-corrected chi connectivity index (χ3v) is 6.38. The van der Waals surface area contributed by atoms with Crippen LogP contribution in [-0.4, -0.2) is 18.9 Å². The Morgan fingerprint density at radius 3 is 2.46 bits per heavy atom. The van der Waals surface area contributed by atoms with Gasteiger partial charge in [0.05, 0.1) is 6.04 Å². The van der Waals surface area contributed by atoms with E-state index in [4.69, 9.17) is 5.73 Å². The SMILES string of the molecule is Cc1ccc([C@H](NS(=O)(=O)c2cc(C(N)=O)n(C)c2)c2cccs2)cc1. The zero-order valence-electron chi connectivity index (χ0n) is 14.3. The van der Waals surface area contributed by atoms with E-state index in [1.807, 2.05) is 48.7 Å². The number of aromatic nitrogens is 1. The summed E-state index contributed by atoms with van der Waals surface area (Å²) >= 11 is 1.47. The standard InChI is InChI=1S/C18H19N3O3S2/c1-12-5-7-13(8-6-12)17(16-4-3-9-25-16)20-26(23,24)14-10-15(18(19)22)21(2)11-14/h3-11,17,20H,1-2H3,(H2,19,22)/t17-/m0/s1. The van der Waals surface area contributed by atoms with E-state index in [1.165, 1.54) is 28.2 Å². The van der Waals surface area contributed by atoms with Crippen LogP contribution in [0.3, 0.4) is 0 Å². The smallest absolute Gasteiger partial charge is 0.265 e. The number of primary amides is 1. The van der Waals surface area contributed by atoms with Crippen molar-refractivity contribution in [1.82, 2.24) is 9.29 Å². The number of sulfonamides is 1. The predicted molar refractivity (Wildman–Crippen MR) is 102 cm³/mol. The quantitative estimate of drug-likeness (QED) is 0.678. The molecule has 3 rings (SSSR count). The number of rotatable bonds is 6. The topological polar surface area (TPSA) is 94.2 Å². The first-order chi connectivity index (χ1) is 12.3. The van der Waals surface area contributed by atoms with Gasteiger partial charge in [0.1, 0.15) is 10.6 Å². The van der Waals surface area contributed by atoms with Crippen LogP contribution in [0.15, 0.2) is 58.9 Å². The summed E-state index contributed by atoms with van der Waals surface area (Å²) in [6.07, 6.45) is 1.38. The van der Waals surface area contributed by atoms with Crippen molar-refractivity contribution in [1.29, 1.82) is 0 Å². The molecule has 0 saturated heterocycles. The van der Waals surface area contributed by atoms with E-state index in [1.54, 1.807) is 7.05 Å². The molecule has 0 saturated carbocycles. The second-order valence-corrected chi connectivity index (χ2v) is 8.71. The lowest BCUT2D eigenvalue weighted by molar-refractivity contribution is 0.0992. The maximum Gasteiger partial charge on any atom is 0.265 e. The van der Waals surface area contributed by atoms with Gasteiger partial charge in [-0.05, 0) is 30.0 Å². The van der Waals surface area contributed by atoms with Crippen molar-refractivity contribution in [2.45, 2.75) is 17.9 Å². The number of benzene rings is 1. The van der Waals surface area contributed by atoms with E-state index in [-0.39, 0.29) is 10.6 Å². The third kappa shape index (κ3) is 3.72. The molecule has 26 heavy (non-hydrogen) atoms. The van der Waals surface area contributed by atoms with E-state index in [0.717, 1.165) is 16.0 Å². The van der Waals surface area contributed by atoms with Gasteiger partial charge in [-0.1, -0.05) is 35.9 Å². The molecule has 2 aromatic heterocycles. The molecule has 3 N–H and O–H groups in total. The number of aryl methyl sites for hydroxylation is 2. The van der Waals surface area contributed by atoms with Gasteiger partial charge in [-0.25, -0.2) is 8.42 Å². The van der Waals surface area contributed by atoms with Gasteiger partial charge in [-0.15, -0.1) is 11.3 Å². The molecule has 0 aliphatic carbocycles. The lowest BCUT2D eigenvalue weighted by atomic mass is 10.0. The lowest BCUT2D eigenvalue weighted by Gasteiger charge is -2.18. The van der Waals surface area contributed by atoms with E-state index in [0.29, 0.717) is 0 Å². The highest BCUT2D eigenvalue weighted by molar-refractivity contribution is 7.89. The van der Waals surface area contributed by atoms with Crippen LogP contribution in [0.1, 0.15) is 32.5 Å². The molecule has 136 valence electrons. The third-order valence-electron chi connectivity index (χ3n) is 4.05. The van der Waals surface area contributed by atoms with Crippen molar-refractivity contribution in [2.75, 3.05) is 0 Å². The van der Waals surface area contributed by atoms with Gasteiger partial charge in [0.15, 0.2) is 0 Å². The molecule has 1 amide bonds. The average molecular weight is 390 g/mol. The van der Waals surface area contributed by atoms with Crippen molar-refractivity contribution in [3.8, 4) is 0 Å². The summed E-state index contributed by atoms with van der Waals surface area (Å²) in [7, 11) is -2.27. The molecule has 0 radical (unpaired) electrons. The number of hydrogen-bond donors (Lipinski definition) is 2. The summed E-state index contributed by atoms with van der Waals surface area (Å²) < 4.78 is 29.9. The number of thiophene rings is 1. The van der Waals surface area contributed by atoms with Crippen molar-refractivity contribution < 1.29 is 13.2 Å². The number of nitrogens with two attached hydrogens (primary N) is 1. The zero-order valence-corrected chi connectivity index (χ0v) is 16.0. The second-order valence-electron chi connectivity index (χ2n) is 6.02. The molecule has 0 spiro atoms. The highest BCUT2D eigenvalue weighted by atomic mass is 32.2. The molecular formula is C18H19N3O3S2. The monoisotopic (exact) mass is 389 g/mol. The average Bonchev–Trinajstić information content (AvgIpc) is 3.23. The van der Waals surface area contributed by atoms with E-state index >= 15 is 0 Å². The summed E-state index contributed by atoms with van der Waals surface area (Å²) in [5.74, 6) is -0.678. The number of carbonyl (C=O) groups is 1. The lowest BCUT2D eigenvalue weighted by Crippen LogP contribution is -2.28. The minimum absolute atomic E-state index is 0.00229. The van der Waals surface area contributed by atoms with Crippen LogP contribution in [0, 0.1) is 6.92 Å². The van der Waals surface area contributed by atoms with E-state index < -0.39 is 22.0 Å². The molecule has 8 heteroatoms. The molecule has 3 aromatic rings. The number of nitrogens with zero attached hydrogens (tertiary/aromatic N) is 1. The van der Waals surface area contributed by atoms with Crippen LogP contribution < -0.4 is 10.5 Å². The largest absolute Gasteiger partial charge is 0.364 e. The van der Waals surface area contributed by atoms with Crippen molar-refractivity contribution in [2.24, 2.45) is 12.8 Å². The molecule has 6 nitrogen and oxygen atoms in total. The van der Waals surface area contributed by atoms with Crippen LogP contribution >= 0.6 is 11.3 Å². The highest BCUT2D eigenvalue weighted by Crippen LogP contribution is 2.28. The summed E-state index contributed by atoms with van der Waals surface area (Å²) in [5.41, 5.74) is 7.35. The predicted octanol–water partition coefficient (Wildman–Crippen LogP) is 2.56. The fourth-order valence-corrected chi connectivity index (χ4v) is 4.80. The Hall–Kier alpha value is -2.42. The van der Waals surface area contributed by atoms with Gasteiger partial charge in [0, 0.05) is 18.1 Å². The highest BCUT2D eigenvalue weighted by Gasteiger charge is 2.25. The van der Waals surface area contributed by atoms with Gasteiger partial charge in [0.25, 0.3) is 5.91 Å². The van der Waals surface area contributed by atoms with Gasteiger partial charge in [-0.2, -0.15) is 4.72 Å². The van der Waals surface area contributed by atoms with Crippen molar-refractivity contribution in [3.63, 3.8) is 0 Å². The zero-order chi connectivity index (χ0) is 18.9. The Morgan fingerprint density at radius 2 is 1.92 bits per heavy atom. The van der Waals surface area contributed by atoms with Gasteiger partial charge >= 0.3 is 0 Å². The fourth-order valence-electron chi connectivity index (χ4n) is 2.65. The molecule has 2 heterocycles. The number of nitrogens with one attached hydrogen (secondary N) is 1. The fraction of sp³-hybridized carbons (Fsp3) is 0.167. The molecule has 0 aliphatic heterocycles. The first kappa shape index (κ1) is 18.4. The molecule has 1 aromatic carbocycles. The van der Waals surface area contributed by atoms with Crippen LogP contribution in [-0.2, 0) is 17.1 Å². The first-order valence-electron chi connectivity index (χ1n) is 7.86. The van der Waals surface area contributed by atoms with Gasteiger partial charge in [0.2, 0.25) is 10.0 Å². The van der Waals surface area contributed by atoms with Crippen LogP contribution in [0.5, 0.6) is 0 Å². The van der Waals surface area contributed by atoms with Gasteiger partial charge in [-0.3, -0.25) is 4.79 Å². The number of carbonyl (C=O) groups excluding carboxylic acids is 1. The van der Waals surface area contributed by atoms with Gasteiger partial charge < -0.3 is 10.3 Å².